The summed E-state index contributed by atoms with van der Waals surface area (Å²) in [5, 5.41) is 12.9. The zero-order chi connectivity index (χ0) is 24.3. The Hall–Kier alpha value is -2.38. The fraction of sp³-hybridized carbons (Fsp3) is 0.545. The first-order valence-electron chi connectivity index (χ1n) is 11.1. The zero-order valence-electron chi connectivity index (χ0n) is 18.8. The van der Waals surface area contributed by atoms with Crippen LogP contribution in [0, 0.1) is 5.82 Å². The predicted molar refractivity (Wildman–Crippen MR) is 118 cm³/mol. The summed E-state index contributed by atoms with van der Waals surface area (Å²) in [4.78, 5) is 16.4. The molecule has 0 saturated carbocycles. The molecule has 0 unspecified atom stereocenters. The Balaban J connectivity index is 1.41. The Bertz CT molecular complexity index is 1110. The van der Waals surface area contributed by atoms with Gasteiger partial charge in [-0.1, -0.05) is 12.1 Å². The number of hydrogen-bond acceptors (Lipinski definition) is 7. The third-order valence-corrected chi connectivity index (χ3v) is 7.76. The highest BCUT2D eigenvalue weighted by Crippen LogP contribution is 2.31. The lowest BCUT2D eigenvalue weighted by atomic mass is 9.96. The van der Waals surface area contributed by atoms with E-state index in [2.05, 4.69) is 10.3 Å². The van der Waals surface area contributed by atoms with E-state index in [1.54, 1.807) is 23.7 Å². The maximum absolute atomic E-state index is 13.3. The summed E-state index contributed by atoms with van der Waals surface area (Å²) < 4.78 is 54.4. The van der Waals surface area contributed by atoms with Gasteiger partial charge in [-0.3, -0.25) is 4.79 Å². The van der Waals surface area contributed by atoms with Gasteiger partial charge in [0.25, 0.3) is 10.0 Å². The number of sulfonamides is 1. The number of β-amino-alcohol motifs (C(OH)–C–C–N with tert-alkyl or cyclic N) is 1. The third-order valence-electron chi connectivity index (χ3n) is 5.98. The summed E-state index contributed by atoms with van der Waals surface area (Å²) in [6.45, 7) is 0.131. The zero-order valence-corrected chi connectivity index (χ0v) is 19.7. The van der Waals surface area contributed by atoms with Crippen molar-refractivity contribution in [2.75, 3.05) is 19.8 Å². The van der Waals surface area contributed by atoms with Crippen molar-refractivity contribution in [3.05, 3.63) is 48.2 Å². The summed E-state index contributed by atoms with van der Waals surface area (Å²) in [5.74, 6) is -0.610. The van der Waals surface area contributed by atoms with Gasteiger partial charge in [-0.05, 0) is 30.5 Å². The first-order valence-corrected chi connectivity index (χ1v) is 12.6. The summed E-state index contributed by atoms with van der Waals surface area (Å²) >= 11 is 0. The molecule has 4 rings (SSSR count). The maximum Gasteiger partial charge on any atom is 0.262 e. The van der Waals surface area contributed by atoms with E-state index in [9.17, 15) is 22.7 Å². The molecule has 1 amide bonds. The number of carbonyl (C=O) groups excluding carboxylic acids is 1. The molecule has 2 saturated heterocycles. The minimum absolute atomic E-state index is 0.0282. The molecule has 2 aliphatic heterocycles. The smallest absolute Gasteiger partial charge is 0.262 e. The Morgan fingerprint density at radius 3 is 2.88 bits per heavy atom. The average Bonchev–Trinajstić information content (AvgIpc) is 3.22. The number of carbonyl (C=O) groups is 1. The van der Waals surface area contributed by atoms with Crippen molar-refractivity contribution in [3.8, 4) is 0 Å². The van der Waals surface area contributed by atoms with E-state index in [1.165, 1.54) is 29.0 Å². The van der Waals surface area contributed by atoms with Gasteiger partial charge in [-0.15, -0.1) is 0 Å². The number of rotatable bonds is 6. The Morgan fingerprint density at radius 1 is 1.32 bits per heavy atom. The lowest BCUT2D eigenvalue weighted by molar-refractivity contribution is -0.146. The molecule has 4 atom stereocenters. The van der Waals surface area contributed by atoms with Crippen molar-refractivity contribution in [2.24, 2.45) is 7.05 Å². The van der Waals surface area contributed by atoms with Gasteiger partial charge < -0.3 is 24.5 Å². The van der Waals surface area contributed by atoms with Crippen LogP contribution in [0.5, 0.6) is 0 Å². The van der Waals surface area contributed by atoms with Crippen molar-refractivity contribution in [1.29, 1.82) is 0 Å². The minimum Gasteiger partial charge on any atom is -0.389 e. The van der Waals surface area contributed by atoms with E-state index in [0.29, 0.717) is 18.4 Å². The first kappa shape index (κ1) is 24.7. The summed E-state index contributed by atoms with van der Waals surface area (Å²) in [7, 11) is -2.29. The fourth-order valence-corrected chi connectivity index (χ4v) is 6.03. The second-order valence-electron chi connectivity index (χ2n) is 8.70. The number of aliphatic hydroxyl groups is 1. The number of nitrogens with one attached hydrogen (secondary N) is 1. The van der Waals surface area contributed by atoms with Gasteiger partial charge in [0.2, 0.25) is 5.91 Å². The van der Waals surface area contributed by atoms with Gasteiger partial charge in [0, 0.05) is 26.3 Å². The van der Waals surface area contributed by atoms with Gasteiger partial charge in [0.1, 0.15) is 5.82 Å². The van der Waals surface area contributed by atoms with E-state index < -0.39 is 34.4 Å². The molecule has 3 heterocycles. The molecule has 0 spiro atoms. The molecule has 12 heteroatoms. The standard InChI is InChI=1S/C22H29FN4O6S/c1-26-11-22(25-14-26)34(30,31)27-10-17(28)12-32-13-20-19(27)6-5-18(33-20)8-21(29)24-9-15-3-2-4-16(23)7-15/h2-4,7,11,14,17-20,28H,5-6,8-10,12-13H2,1H3,(H,24,29)/t17-,18-,19-,20+/m1/s1. The van der Waals surface area contributed by atoms with Crippen LogP contribution in [0.15, 0.2) is 41.8 Å². The molecule has 0 aliphatic carbocycles. The summed E-state index contributed by atoms with van der Waals surface area (Å²) in [6, 6.07) is 5.44. The van der Waals surface area contributed by atoms with E-state index in [1.807, 2.05) is 0 Å². The molecule has 2 fully saturated rings. The molecule has 34 heavy (non-hydrogen) atoms. The number of hydrogen-bond donors (Lipinski definition) is 2. The van der Waals surface area contributed by atoms with Gasteiger partial charge in [0.15, 0.2) is 5.03 Å². The van der Waals surface area contributed by atoms with Crippen LogP contribution >= 0.6 is 0 Å². The predicted octanol–water partition coefficient (Wildman–Crippen LogP) is 0.564. The third kappa shape index (κ3) is 5.81. The van der Waals surface area contributed by atoms with Gasteiger partial charge in [-0.25, -0.2) is 17.8 Å². The quantitative estimate of drug-likeness (QED) is 0.599. The molecule has 1 aromatic carbocycles. The van der Waals surface area contributed by atoms with Gasteiger partial charge in [0.05, 0.1) is 50.3 Å². The van der Waals surface area contributed by atoms with Crippen molar-refractivity contribution < 1.29 is 32.2 Å². The van der Waals surface area contributed by atoms with Crippen molar-refractivity contribution in [3.63, 3.8) is 0 Å². The Kier molecular flexibility index (Phi) is 7.63. The van der Waals surface area contributed by atoms with Crippen LogP contribution in [-0.4, -0.2) is 77.4 Å². The maximum atomic E-state index is 13.3. The highest BCUT2D eigenvalue weighted by Gasteiger charge is 2.43. The molecule has 0 radical (unpaired) electrons. The first-order chi connectivity index (χ1) is 16.2. The van der Waals surface area contributed by atoms with Crippen LogP contribution in [-0.2, 0) is 37.9 Å². The van der Waals surface area contributed by atoms with E-state index in [4.69, 9.17) is 9.47 Å². The van der Waals surface area contributed by atoms with Crippen LogP contribution in [0.2, 0.25) is 0 Å². The number of benzene rings is 1. The summed E-state index contributed by atoms with van der Waals surface area (Å²) in [6.07, 6.45) is 1.82. The van der Waals surface area contributed by atoms with E-state index in [0.717, 1.165) is 0 Å². The molecular weight excluding hydrogens is 467 g/mol. The minimum atomic E-state index is -3.97. The molecule has 2 N–H and O–H groups in total. The number of aliphatic hydroxyl groups excluding tert-OH is 1. The van der Waals surface area contributed by atoms with Gasteiger partial charge >= 0.3 is 0 Å². The Labute approximate surface area is 197 Å². The number of amides is 1. The van der Waals surface area contributed by atoms with Gasteiger partial charge in [-0.2, -0.15) is 4.31 Å². The normalized spacial score (nSPS) is 26.3. The number of aromatic nitrogens is 2. The summed E-state index contributed by atoms with van der Waals surface area (Å²) in [5.41, 5.74) is 0.653. The van der Waals surface area contributed by atoms with Crippen LogP contribution in [0.4, 0.5) is 4.39 Å². The van der Waals surface area contributed by atoms with Crippen LogP contribution in [0.1, 0.15) is 24.8 Å². The van der Waals surface area contributed by atoms with Crippen molar-refractivity contribution in [1.82, 2.24) is 19.2 Å². The van der Waals surface area contributed by atoms with Crippen molar-refractivity contribution in [2.45, 2.75) is 55.2 Å². The van der Waals surface area contributed by atoms with Crippen LogP contribution in [0.3, 0.4) is 0 Å². The largest absolute Gasteiger partial charge is 0.389 e. The second-order valence-corrected chi connectivity index (χ2v) is 10.5. The lowest BCUT2D eigenvalue weighted by Crippen LogP contribution is -2.57. The molecule has 2 aliphatic rings. The number of fused-ring (bicyclic) bond motifs is 1. The van der Waals surface area contributed by atoms with E-state index in [-0.39, 0.29) is 49.5 Å². The molecular formula is C22H29FN4O6S. The van der Waals surface area contributed by atoms with Crippen LogP contribution in [0.25, 0.3) is 0 Å². The Morgan fingerprint density at radius 2 is 2.15 bits per heavy atom. The topological polar surface area (TPSA) is 123 Å². The number of nitrogens with zero attached hydrogens (tertiary/aromatic N) is 3. The van der Waals surface area contributed by atoms with Crippen molar-refractivity contribution >= 4 is 15.9 Å². The van der Waals surface area contributed by atoms with Crippen LogP contribution < -0.4 is 5.32 Å². The number of aryl methyl sites for hydroxylation is 1. The molecule has 1 aromatic heterocycles. The number of ether oxygens (including phenoxy) is 2. The number of imidazole rings is 1. The number of halogens is 1. The molecule has 0 bridgehead atoms. The second kappa shape index (κ2) is 10.5. The molecule has 2 aromatic rings. The lowest BCUT2D eigenvalue weighted by Gasteiger charge is -2.43. The fourth-order valence-electron chi connectivity index (χ4n) is 4.34. The highest BCUT2D eigenvalue weighted by atomic mass is 32.2. The highest BCUT2D eigenvalue weighted by molar-refractivity contribution is 7.89. The average molecular weight is 497 g/mol. The molecule has 10 nitrogen and oxygen atoms in total. The molecule has 186 valence electrons. The monoisotopic (exact) mass is 496 g/mol. The van der Waals surface area contributed by atoms with E-state index >= 15 is 0 Å². The SMILES string of the molecule is Cn1cnc(S(=O)(=O)N2C[C@@H](O)COC[C@@H]3O[C@@H](CC(=O)NCc4cccc(F)c4)CC[C@H]32)c1.